The summed E-state index contributed by atoms with van der Waals surface area (Å²) in [6.45, 7) is 7.97. The highest BCUT2D eigenvalue weighted by Gasteiger charge is 2.09. The fourth-order valence-corrected chi connectivity index (χ4v) is 2.08. The average Bonchev–Trinajstić information content (AvgIpc) is 2.19. The molecule has 16 heavy (non-hydrogen) atoms. The Labute approximate surface area is 96.0 Å². The Morgan fingerprint density at radius 1 is 1.06 bits per heavy atom. The predicted molar refractivity (Wildman–Crippen MR) is 66.6 cm³/mol. The molecule has 1 aromatic heterocycles. The molecule has 0 saturated heterocycles. The third-order valence-electron chi connectivity index (χ3n) is 2.90. The number of benzene rings is 1. The molecule has 0 saturated carbocycles. The van der Waals surface area contributed by atoms with Crippen LogP contribution in [0.1, 0.15) is 35.4 Å². The highest BCUT2D eigenvalue weighted by atomic mass is 16.3. The molecule has 0 radical (unpaired) electrons. The van der Waals surface area contributed by atoms with Crippen molar-refractivity contribution in [3.8, 4) is 0 Å². The van der Waals surface area contributed by atoms with E-state index in [0.29, 0.717) is 0 Å². The molecule has 2 aromatic rings. The van der Waals surface area contributed by atoms with Gasteiger partial charge in [0, 0.05) is 5.39 Å². The van der Waals surface area contributed by atoms with E-state index < -0.39 is 6.10 Å². The molecule has 1 heterocycles. The third kappa shape index (κ3) is 1.81. The first-order valence-electron chi connectivity index (χ1n) is 5.55. The third-order valence-corrected chi connectivity index (χ3v) is 2.90. The molecule has 0 aliphatic carbocycles. The van der Waals surface area contributed by atoms with Gasteiger partial charge < -0.3 is 5.11 Å². The second-order valence-corrected chi connectivity index (χ2v) is 4.52. The van der Waals surface area contributed by atoms with Gasteiger partial charge in [0.15, 0.2) is 0 Å². The van der Waals surface area contributed by atoms with E-state index in [1.165, 1.54) is 22.1 Å². The van der Waals surface area contributed by atoms with Crippen molar-refractivity contribution in [2.75, 3.05) is 0 Å². The summed E-state index contributed by atoms with van der Waals surface area (Å²) in [5.41, 5.74) is 5.34. The van der Waals surface area contributed by atoms with Crippen LogP contribution in [0.4, 0.5) is 0 Å². The van der Waals surface area contributed by atoms with Crippen molar-refractivity contribution in [1.82, 2.24) is 4.98 Å². The number of aliphatic hydroxyl groups is 1. The summed E-state index contributed by atoms with van der Waals surface area (Å²) < 4.78 is 0. The highest BCUT2D eigenvalue weighted by Crippen LogP contribution is 2.24. The smallest absolute Gasteiger partial charge is 0.0932 e. The van der Waals surface area contributed by atoms with Crippen LogP contribution in [-0.2, 0) is 0 Å². The van der Waals surface area contributed by atoms with E-state index >= 15 is 0 Å². The molecule has 0 bridgehead atoms. The summed E-state index contributed by atoms with van der Waals surface area (Å²) in [4.78, 5) is 4.53. The van der Waals surface area contributed by atoms with Crippen molar-refractivity contribution >= 4 is 10.9 Å². The van der Waals surface area contributed by atoms with Gasteiger partial charge in [0.1, 0.15) is 0 Å². The second kappa shape index (κ2) is 3.87. The largest absolute Gasteiger partial charge is 0.387 e. The summed E-state index contributed by atoms with van der Waals surface area (Å²) in [5, 5.41) is 10.8. The van der Waals surface area contributed by atoms with E-state index in [0.717, 1.165) is 11.2 Å². The summed E-state index contributed by atoms with van der Waals surface area (Å²) in [7, 11) is 0. The van der Waals surface area contributed by atoms with Crippen LogP contribution >= 0.6 is 0 Å². The molecule has 2 rings (SSSR count). The molecule has 1 unspecified atom stereocenters. The van der Waals surface area contributed by atoms with Crippen molar-refractivity contribution in [2.45, 2.75) is 33.8 Å². The van der Waals surface area contributed by atoms with E-state index in [4.69, 9.17) is 0 Å². The summed E-state index contributed by atoms with van der Waals surface area (Å²) >= 11 is 0. The lowest BCUT2D eigenvalue weighted by Crippen LogP contribution is -1.98. The van der Waals surface area contributed by atoms with Crippen molar-refractivity contribution in [3.05, 3.63) is 40.6 Å². The first kappa shape index (κ1) is 11.1. The van der Waals surface area contributed by atoms with E-state index in [1.54, 1.807) is 6.92 Å². The van der Waals surface area contributed by atoms with Gasteiger partial charge >= 0.3 is 0 Å². The molecule has 1 aromatic carbocycles. The number of aryl methyl sites for hydroxylation is 3. The second-order valence-electron chi connectivity index (χ2n) is 4.52. The zero-order valence-corrected chi connectivity index (χ0v) is 10.2. The van der Waals surface area contributed by atoms with Gasteiger partial charge in [0.2, 0.25) is 0 Å². The Morgan fingerprint density at radius 2 is 1.75 bits per heavy atom. The molecule has 2 heteroatoms. The number of nitrogens with zero attached hydrogens (tertiary/aromatic N) is 1. The predicted octanol–water partition coefficient (Wildman–Crippen LogP) is 3.21. The fraction of sp³-hybridized carbons (Fsp3) is 0.357. The van der Waals surface area contributed by atoms with Gasteiger partial charge in [-0.1, -0.05) is 11.6 Å². The normalized spacial score (nSPS) is 13.1. The molecule has 0 aliphatic heterocycles. The Kier molecular flexibility index (Phi) is 2.68. The first-order valence-corrected chi connectivity index (χ1v) is 5.55. The zero-order chi connectivity index (χ0) is 11.9. The van der Waals surface area contributed by atoms with Crippen molar-refractivity contribution < 1.29 is 5.11 Å². The minimum Gasteiger partial charge on any atom is -0.387 e. The van der Waals surface area contributed by atoms with Crippen LogP contribution in [0.15, 0.2) is 18.2 Å². The lowest BCUT2D eigenvalue weighted by Gasteiger charge is -2.11. The van der Waals surface area contributed by atoms with E-state index in [9.17, 15) is 5.11 Å². The Morgan fingerprint density at radius 3 is 2.38 bits per heavy atom. The molecular weight excluding hydrogens is 198 g/mol. The van der Waals surface area contributed by atoms with Gasteiger partial charge in [-0.2, -0.15) is 0 Å². The quantitative estimate of drug-likeness (QED) is 0.792. The summed E-state index contributed by atoms with van der Waals surface area (Å²) in [6.07, 6.45) is -0.510. The van der Waals surface area contributed by atoms with Gasteiger partial charge in [0.25, 0.3) is 0 Å². The van der Waals surface area contributed by atoms with E-state index in [1.807, 2.05) is 6.07 Å². The molecule has 1 atom stereocenters. The lowest BCUT2D eigenvalue weighted by atomic mass is 10.0. The molecule has 84 valence electrons. The standard InChI is InChI=1S/C14H17NO/c1-8-5-10(3)14-12(6-8)9(2)7-13(15-14)11(4)16/h5-7,11,16H,1-4H3. The Bertz CT molecular complexity index is 544. The average molecular weight is 215 g/mol. The van der Waals surface area contributed by atoms with Crippen molar-refractivity contribution in [3.63, 3.8) is 0 Å². The van der Waals surface area contributed by atoms with Gasteiger partial charge in [-0.15, -0.1) is 0 Å². The van der Waals surface area contributed by atoms with Crippen LogP contribution in [0, 0.1) is 20.8 Å². The van der Waals surface area contributed by atoms with Crippen molar-refractivity contribution in [2.24, 2.45) is 0 Å². The Balaban J connectivity index is 2.82. The van der Waals surface area contributed by atoms with Crippen LogP contribution in [-0.4, -0.2) is 10.1 Å². The number of pyridine rings is 1. The first-order chi connectivity index (χ1) is 7.49. The number of hydrogen-bond acceptors (Lipinski definition) is 2. The fourth-order valence-electron chi connectivity index (χ4n) is 2.08. The van der Waals surface area contributed by atoms with Crippen molar-refractivity contribution in [1.29, 1.82) is 0 Å². The molecule has 2 nitrogen and oxygen atoms in total. The minimum atomic E-state index is -0.510. The van der Waals surface area contributed by atoms with Gasteiger partial charge in [-0.25, -0.2) is 4.98 Å². The van der Waals surface area contributed by atoms with Gasteiger partial charge in [-0.05, 0) is 51.0 Å². The maximum absolute atomic E-state index is 9.59. The lowest BCUT2D eigenvalue weighted by molar-refractivity contribution is 0.194. The van der Waals surface area contributed by atoms with Crippen LogP contribution in [0.3, 0.4) is 0 Å². The number of aromatic nitrogens is 1. The minimum absolute atomic E-state index is 0.510. The molecule has 0 fully saturated rings. The maximum atomic E-state index is 9.59. The summed E-state index contributed by atoms with van der Waals surface area (Å²) in [5.74, 6) is 0. The van der Waals surface area contributed by atoms with Gasteiger partial charge in [0.05, 0.1) is 17.3 Å². The van der Waals surface area contributed by atoms with E-state index in [2.05, 4.69) is 37.9 Å². The number of rotatable bonds is 1. The maximum Gasteiger partial charge on any atom is 0.0932 e. The highest BCUT2D eigenvalue weighted by molar-refractivity contribution is 5.85. The molecule has 0 aliphatic rings. The molecule has 0 spiro atoms. The SMILES string of the molecule is Cc1cc(C)c2nc(C(C)O)cc(C)c2c1. The van der Waals surface area contributed by atoms with Crippen LogP contribution < -0.4 is 0 Å². The van der Waals surface area contributed by atoms with E-state index in [-0.39, 0.29) is 0 Å². The molecule has 0 amide bonds. The summed E-state index contributed by atoms with van der Waals surface area (Å²) in [6, 6.07) is 6.24. The monoisotopic (exact) mass is 215 g/mol. The number of fused-ring (bicyclic) bond motifs is 1. The number of hydrogen-bond donors (Lipinski definition) is 1. The van der Waals surface area contributed by atoms with Crippen LogP contribution in [0.2, 0.25) is 0 Å². The zero-order valence-electron chi connectivity index (χ0n) is 10.2. The van der Waals surface area contributed by atoms with Gasteiger partial charge in [-0.3, -0.25) is 0 Å². The van der Waals surface area contributed by atoms with Crippen LogP contribution in [0.25, 0.3) is 10.9 Å². The van der Waals surface area contributed by atoms with Crippen LogP contribution in [0.5, 0.6) is 0 Å². The number of aliphatic hydroxyl groups excluding tert-OH is 1. The molecular formula is C14H17NO. The topological polar surface area (TPSA) is 33.1 Å². The Hall–Kier alpha value is -1.41. The molecule has 1 N–H and O–H groups in total.